The van der Waals surface area contributed by atoms with Gasteiger partial charge in [0.2, 0.25) is 5.95 Å². The molecule has 162 valence electrons. The molecule has 1 atom stereocenters. The topological polar surface area (TPSA) is 112 Å². The number of benzene rings is 1. The summed E-state index contributed by atoms with van der Waals surface area (Å²) >= 11 is 0. The average molecular weight is 443 g/mol. The van der Waals surface area contributed by atoms with Crippen LogP contribution >= 0.6 is 0 Å². The van der Waals surface area contributed by atoms with Crippen molar-refractivity contribution in [1.29, 1.82) is 0 Å². The molecule has 0 saturated carbocycles. The van der Waals surface area contributed by atoms with E-state index in [0.717, 1.165) is 15.7 Å². The van der Waals surface area contributed by atoms with E-state index in [9.17, 15) is 18.0 Å². The third kappa shape index (κ3) is 3.02. The first-order valence-corrected chi connectivity index (χ1v) is 11.8. The number of fused-ring (bicyclic) bond motifs is 3. The zero-order valence-corrected chi connectivity index (χ0v) is 18.3. The van der Waals surface area contributed by atoms with Crippen molar-refractivity contribution in [3.05, 3.63) is 56.2 Å². The van der Waals surface area contributed by atoms with E-state index in [0.29, 0.717) is 23.6 Å². The van der Waals surface area contributed by atoms with Gasteiger partial charge in [0.15, 0.2) is 21.0 Å². The minimum absolute atomic E-state index is 0.0299. The highest BCUT2D eigenvalue weighted by molar-refractivity contribution is 7.91. The SMILES string of the molecule is Cc1ccc(C2=NN([C@@H]3CCS(=O)(=O)C3)c3nc4c(c(=O)n(C)c(=O)n4C)n3C2)cc1. The van der Waals surface area contributed by atoms with Crippen LogP contribution in [0.1, 0.15) is 17.5 Å². The Morgan fingerprint density at radius 1 is 1.06 bits per heavy atom. The Bertz CT molecular complexity index is 1480. The van der Waals surface area contributed by atoms with Crippen LogP contribution in [0.3, 0.4) is 0 Å². The number of imidazole rings is 1. The van der Waals surface area contributed by atoms with E-state index in [2.05, 4.69) is 4.98 Å². The number of aryl methyl sites for hydroxylation is 2. The van der Waals surface area contributed by atoms with E-state index in [1.54, 1.807) is 16.6 Å². The molecule has 2 aliphatic heterocycles. The molecular weight excluding hydrogens is 420 g/mol. The van der Waals surface area contributed by atoms with Crippen LogP contribution in [-0.4, -0.2) is 50.4 Å². The largest absolute Gasteiger partial charge is 0.332 e. The van der Waals surface area contributed by atoms with Gasteiger partial charge in [-0.2, -0.15) is 10.1 Å². The quantitative estimate of drug-likeness (QED) is 0.559. The van der Waals surface area contributed by atoms with Crippen LogP contribution in [0.5, 0.6) is 0 Å². The first-order chi connectivity index (χ1) is 14.7. The van der Waals surface area contributed by atoms with E-state index in [1.807, 2.05) is 31.2 Å². The van der Waals surface area contributed by atoms with Crippen LogP contribution < -0.4 is 16.3 Å². The highest BCUT2D eigenvalue weighted by Crippen LogP contribution is 2.30. The van der Waals surface area contributed by atoms with E-state index in [1.165, 1.54) is 11.6 Å². The Labute approximate surface area is 178 Å². The molecule has 3 aromatic rings. The van der Waals surface area contributed by atoms with Crippen LogP contribution in [0, 0.1) is 6.92 Å². The van der Waals surface area contributed by atoms with Gasteiger partial charge in [0.05, 0.1) is 29.8 Å². The summed E-state index contributed by atoms with van der Waals surface area (Å²) in [6.07, 6.45) is 0.424. The Morgan fingerprint density at radius 2 is 1.77 bits per heavy atom. The van der Waals surface area contributed by atoms with Crippen LogP contribution in [0.25, 0.3) is 11.2 Å². The zero-order valence-electron chi connectivity index (χ0n) is 17.4. The Kier molecular flexibility index (Phi) is 4.23. The highest BCUT2D eigenvalue weighted by Gasteiger charge is 2.38. The molecule has 10 nitrogen and oxygen atoms in total. The first-order valence-electron chi connectivity index (χ1n) is 9.97. The van der Waals surface area contributed by atoms with Crippen molar-refractivity contribution in [3.63, 3.8) is 0 Å². The van der Waals surface area contributed by atoms with Gasteiger partial charge in [-0.25, -0.2) is 18.2 Å². The summed E-state index contributed by atoms with van der Waals surface area (Å²) in [5.74, 6) is 0.438. The van der Waals surface area contributed by atoms with Crippen molar-refractivity contribution >= 4 is 32.7 Å². The lowest BCUT2D eigenvalue weighted by Crippen LogP contribution is -2.40. The lowest BCUT2D eigenvalue weighted by molar-refractivity contribution is 0.595. The van der Waals surface area contributed by atoms with Crippen LogP contribution in [-0.2, 0) is 30.5 Å². The van der Waals surface area contributed by atoms with E-state index in [4.69, 9.17) is 5.10 Å². The normalized spacial score (nSPS) is 20.2. The van der Waals surface area contributed by atoms with Gasteiger partial charge in [-0.15, -0.1) is 0 Å². The molecule has 1 aromatic carbocycles. The summed E-state index contributed by atoms with van der Waals surface area (Å²) in [5.41, 5.74) is 2.33. The minimum Gasteiger partial charge on any atom is -0.297 e. The van der Waals surface area contributed by atoms with Crippen LogP contribution in [0.2, 0.25) is 0 Å². The number of nitrogens with zero attached hydrogens (tertiary/aromatic N) is 6. The lowest BCUT2D eigenvalue weighted by atomic mass is 10.1. The average Bonchev–Trinajstić information content (AvgIpc) is 3.30. The monoisotopic (exact) mass is 442 g/mol. The molecule has 0 aliphatic carbocycles. The van der Waals surface area contributed by atoms with E-state index >= 15 is 0 Å². The van der Waals surface area contributed by atoms with Gasteiger partial charge in [-0.05, 0) is 18.9 Å². The van der Waals surface area contributed by atoms with Crippen LogP contribution in [0.4, 0.5) is 5.95 Å². The van der Waals surface area contributed by atoms with Gasteiger partial charge in [0.25, 0.3) is 5.56 Å². The summed E-state index contributed by atoms with van der Waals surface area (Å²) in [6, 6.07) is 7.48. The Balaban J connectivity index is 1.76. The molecule has 11 heteroatoms. The molecule has 5 rings (SSSR count). The molecule has 1 saturated heterocycles. The molecule has 2 aromatic heterocycles. The molecular formula is C20H22N6O4S. The second kappa shape index (κ2) is 6.64. The summed E-state index contributed by atoms with van der Waals surface area (Å²) in [5, 5.41) is 6.39. The van der Waals surface area contributed by atoms with E-state index in [-0.39, 0.29) is 29.7 Å². The number of sulfone groups is 1. The van der Waals surface area contributed by atoms with Crippen molar-refractivity contribution in [2.75, 3.05) is 16.5 Å². The second-order valence-electron chi connectivity index (χ2n) is 8.19. The van der Waals surface area contributed by atoms with Gasteiger partial charge < -0.3 is 0 Å². The van der Waals surface area contributed by atoms with Crippen molar-refractivity contribution < 1.29 is 8.42 Å². The molecule has 0 bridgehead atoms. The van der Waals surface area contributed by atoms with Crippen molar-refractivity contribution in [3.8, 4) is 0 Å². The molecule has 0 N–H and O–H groups in total. The number of hydrazone groups is 1. The molecule has 4 heterocycles. The number of hydrogen-bond donors (Lipinski definition) is 0. The maximum absolute atomic E-state index is 13.0. The van der Waals surface area contributed by atoms with Crippen molar-refractivity contribution in [2.24, 2.45) is 19.2 Å². The number of aromatic nitrogens is 4. The standard InChI is InChI=1S/C20H22N6O4S/c1-12-4-6-13(7-5-12)15-10-25-16-17(23(2)20(28)24(3)18(16)27)21-19(25)26(22-15)14-8-9-31(29,30)11-14/h4-7,14H,8-11H2,1-3H3/t14-/m1/s1. The zero-order chi connectivity index (χ0) is 22.1. The number of rotatable bonds is 2. The summed E-state index contributed by atoms with van der Waals surface area (Å²) in [6.45, 7) is 2.28. The van der Waals surface area contributed by atoms with E-state index < -0.39 is 21.1 Å². The second-order valence-corrected chi connectivity index (χ2v) is 10.4. The maximum Gasteiger partial charge on any atom is 0.332 e. The van der Waals surface area contributed by atoms with Gasteiger partial charge in [-0.3, -0.25) is 18.5 Å². The fourth-order valence-corrected chi connectivity index (χ4v) is 5.92. The Hall–Kier alpha value is -3.21. The third-order valence-corrected chi connectivity index (χ3v) is 7.76. The number of hydrogen-bond acceptors (Lipinski definition) is 7. The molecule has 0 unspecified atom stereocenters. The van der Waals surface area contributed by atoms with Gasteiger partial charge >= 0.3 is 5.69 Å². The third-order valence-electron chi connectivity index (χ3n) is 6.01. The molecule has 0 spiro atoms. The summed E-state index contributed by atoms with van der Waals surface area (Å²) in [7, 11) is -0.166. The summed E-state index contributed by atoms with van der Waals surface area (Å²) < 4.78 is 28.4. The van der Waals surface area contributed by atoms with Crippen molar-refractivity contribution in [1.82, 2.24) is 18.7 Å². The number of anilines is 1. The maximum atomic E-state index is 13.0. The van der Waals surface area contributed by atoms with Gasteiger partial charge in [-0.1, -0.05) is 29.8 Å². The predicted molar refractivity (Wildman–Crippen MR) is 117 cm³/mol. The Morgan fingerprint density at radius 3 is 2.42 bits per heavy atom. The van der Waals surface area contributed by atoms with Crippen LogP contribution in [0.15, 0.2) is 39.0 Å². The molecule has 1 fully saturated rings. The fraction of sp³-hybridized carbons (Fsp3) is 0.400. The molecule has 2 aliphatic rings. The van der Waals surface area contributed by atoms with Crippen molar-refractivity contribution in [2.45, 2.75) is 25.9 Å². The first kappa shape index (κ1) is 19.7. The van der Waals surface area contributed by atoms with Gasteiger partial charge in [0.1, 0.15) is 0 Å². The highest BCUT2D eigenvalue weighted by atomic mass is 32.2. The lowest BCUT2D eigenvalue weighted by Gasteiger charge is -2.30. The summed E-state index contributed by atoms with van der Waals surface area (Å²) in [4.78, 5) is 30.0. The smallest absolute Gasteiger partial charge is 0.297 e. The fourth-order valence-electron chi connectivity index (χ4n) is 4.22. The molecule has 0 amide bonds. The molecule has 0 radical (unpaired) electrons. The molecule has 31 heavy (non-hydrogen) atoms. The van der Waals surface area contributed by atoms with Gasteiger partial charge in [0, 0.05) is 14.1 Å². The minimum atomic E-state index is -3.16. The predicted octanol–water partition coefficient (Wildman–Crippen LogP) is 0.154.